The van der Waals surface area contributed by atoms with Gasteiger partial charge in [-0.05, 0) is 37.1 Å². The van der Waals surface area contributed by atoms with Crippen molar-refractivity contribution in [3.05, 3.63) is 35.1 Å². The van der Waals surface area contributed by atoms with Crippen LogP contribution in [0.5, 0.6) is 0 Å². The maximum atomic E-state index is 13.3. The number of anilines is 1. The van der Waals surface area contributed by atoms with Crippen molar-refractivity contribution in [3.8, 4) is 11.3 Å². The molecule has 0 aliphatic heterocycles. The number of nitrogens with two attached hydrogens (primary N) is 1. The Morgan fingerprint density at radius 1 is 1.38 bits per heavy atom. The summed E-state index contributed by atoms with van der Waals surface area (Å²) in [7, 11) is 0. The molecule has 1 aromatic carbocycles. The quantitative estimate of drug-likeness (QED) is 0.846. The standard InChI is InChI=1S/C12H13FN2O/c1-3-10-11(15-16-12(10)14)8-4-7(2)5-9(13)6-8/h4-6H,3,14H2,1-2H3. The van der Waals surface area contributed by atoms with Gasteiger partial charge < -0.3 is 10.3 Å². The number of aryl methyl sites for hydroxylation is 1. The van der Waals surface area contributed by atoms with Crippen molar-refractivity contribution in [1.29, 1.82) is 0 Å². The van der Waals surface area contributed by atoms with E-state index >= 15 is 0 Å². The Morgan fingerprint density at radius 3 is 2.75 bits per heavy atom. The van der Waals surface area contributed by atoms with E-state index in [0.717, 1.165) is 11.1 Å². The topological polar surface area (TPSA) is 52.0 Å². The maximum Gasteiger partial charge on any atom is 0.225 e. The van der Waals surface area contributed by atoms with Crippen LogP contribution in [0.3, 0.4) is 0 Å². The number of benzene rings is 1. The Hall–Kier alpha value is -1.84. The monoisotopic (exact) mass is 220 g/mol. The molecule has 0 aliphatic carbocycles. The first-order chi connectivity index (χ1) is 7.61. The van der Waals surface area contributed by atoms with E-state index in [0.29, 0.717) is 23.6 Å². The maximum absolute atomic E-state index is 13.3. The summed E-state index contributed by atoms with van der Waals surface area (Å²) in [6.07, 6.45) is 0.709. The van der Waals surface area contributed by atoms with Crippen molar-refractivity contribution in [2.75, 3.05) is 5.73 Å². The molecule has 0 saturated heterocycles. The normalized spacial score (nSPS) is 10.7. The summed E-state index contributed by atoms with van der Waals surface area (Å²) >= 11 is 0. The summed E-state index contributed by atoms with van der Waals surface area (Å²) in [6, 6.07) is 4.77. The van der Waals surface area contributed by atoms with Crippen molar-refractivity contribution in [2.24, 2.45) is 0 Å². The summed E-state index contributed by atoms with van der Waals surface area (Å²) < 4.78 is 18.2. The van der Waals surface area contributed by atoms with E-state index in [1.807, 2.05) is 19.9 Å². The molecular formula is C12H13FN2O. The average Bonchev–Trinajstić information content (AvgIpc) is 2.58. The third-order valence-electron chi connectivity index (χ3n) is 2.49. The molecule has 4 heteroatoms. The molecule has 0 spiro atoms. The third kappa shape index (κ3) is 1.78. The Bertz CT molecular complexity index is 499. The van der Waals surface area contributed by atoms with Gasteiger partial charge in [0.2, 0.25) is 5.88 Å². The zero-order valence-corrected chi connectivity index (χ0v) is 9.25. The van der Waals surface area contributed by atoms with E-state index in [-0.39, 0.29) is 5.82 Å². The molecular weight excluding hydrogens is 207 g/mol. The number of nitrogens with zero attached hydrogens (tertiary/aromatic N) is 1. The first kappa shape index (κ1) is 10.7. The number of hydrogen-bond acceptors (Lipinski definition) is 3. The van der Waals surface area contributed by atoms with Crippen LogP contribution in [0.4, 0.5) is 10.3 Å². The lowest BCUT2D eigenvalue weighted by Crippen LogP contribution is -1.91. The van der Waals surface area contributed by atoms with E-state index in [2.05, 4.69) is 5.16 Å². The minimum atomic E-state index is -0.279. The van der Waals surface area contributed by atoms with Crippen molar-refractivity contribution in [3.63, 3.8) is 0 Å². The van der Waals surface area contributed by atoms with Gasteiger partial charge >= 0.3 is 0 Å². The molecule has 3 nitrogen and oxygen atoms in total. The second-order valence-electron chi connectivity index (χ2n) is 3.74. The van der Waals surface area contributed by atoms with Gasteiger partial charge in [0, 0.05) is 11.1 Å². The second kappa shape index (κ2) is 3.96. The van der Waals surface area contributed by atoms with Gasteiger partial charge in [0.15, 0.2) is 0 Å². The zero-order valence-electron chi connectivity index (χ0n) is 9.25. The molecule has 0 atom stereocenters. The first-order valence-electron chi connectivity index (χ1n) is 5.13. The van der Waals surface area contributed by atoms with Crippen molar-refractivity contribution in [2.45, 2.75) is 20.3 Å². The Balaban J connectivity index is 2.58. The molecule has 0 fully saturated rings. The van der Waals surface area contributed by atoms with E-state index < -0.39 is 0 Å². The van der Waals surface area contributed by atoms with Gasteiger partial charge in [-0.15, -0.1) is 0 Å². The van der Waals surface area contributed by atoms with Gasteiger partial charge in [-0.2, -0.15) is 0 Å². The minimum Gasteiger partial charge on any atom is -0.367 e. The molecule has 16 heavy (non-hydrogen) atoms. The fraction of sp³-hybridized carbons (Fsp3) is 0.250. The fourth-order valence-corrected chi connectivity index (χ4v) is 1.76. The Morgan fingerprint density at radius 2 is 2.12 bits per heavy atom. The van der Waals surface area contributed by atoms with Crippen LogP contribution >= 0.6 is 0 Å². The predicted molar refractivity (Wildman–Crippen MR) is 60.4 cm³/mol. The summed E-state index contributed by atoms with van der Waals surface area (Å²) in [5, 5.41) is 3.87. The highest BCUT2D eigenvalue weighted by atomic mass is 19.1. The average molecular weight is 220 g/mol. The molecule has 1 heterocycles. The molecule has 2 aromatic rings. The first-order valence-corrected chi connectivity index (χ1v) is 5.13. The lowest BCUT2D eigenvalue weighted by Gasteiger charge is -2.01. The highest BCUT2D eigenvalue weighted by Gasteiger charge is 2.14. The summed E-state index contributed by atoms with van der Waals surface area (Å²) in [5.41, 5.74) is 8.64. The van der Waals surface area contributed by atoms with Crippen LogP contribution in [0.1, 0.15) is 18.1 Å². The molecule has 0 aliphatic rings. The van der Waals surface area contributed by atoms with Crippen LogP contribution in [-0.4, -0.2) is 5.16 Å². The van der Waals surface area contributed by atoms with Gasteiger partial charge in [-0.3, -0.25) is 0 Å². The molecule has 84 valence electrons. The van der Waals surface area contributed by atoms with Crippen LogP contribution in [0.15, 0.2) is 22.7 Å². The third-order valence-corrected chi connectivity index (χ3v) is 2.49. The Kier molecular flexibility index (Phi) is 2.64. The van der Waals surface area contributed by atoms with E-state index in [4.69, 9.17) is 10.3 Å². The Labute approximate surface area is 93.1 Å². The predicted octanol–water partition coefficient (Wildman–Crippen LogP) is 2.93. The number of rotatable bonds is 2. The van der Waals surface area contributed by atoms with Crippen LogP contribution in [-0.2, 0) is 6.42 Å². The fourth-order valence-electron chi connectivity index (χ4n) is 1.76. The molecule has 1 aromatic heterocycles. The summed E-state index contributed by atoms with van der Waals surface area (Å²) in [6.45, 7) is 3.79. The SMILES string of the molecule is CCc1c(-c2cc(C)cc(F)c2)noc1N. The highest BCUT2D eigenvalue weighted by Crippen LogP contribution is 2.28. The van der Waals surface area contributed by atoms with E-state index in [1.54, 1.807) is 0 Å². The van der Waals surface area contributed by atoms with Gasteiger partial charge in [0.25, 0.3) is 0 Å². The van der Waals surface area contributed by atoms with Gasteiger partial charge in [0.05, 0.1) is 0 Å². The molecule has 0 saturated carbocycles. The largest absolute Gasteiger partial charge is 0.367 e. The van der Waals surface area contributed by atoms with Gasteiger partial charge in [-0.1, -0.05) is 12.1 Å². The molecule has 0 unspecified atom stereocenters. The van der Waals surface area contributed by atoms with Crippen molar-refractivity contribution in [1.82, 2.24) is 5.16 Å². The van der Waals surface area contributed by atoms with Crippen LogP contribution in [0.25, 0.3) is 11.3 Å². The number of nitrogen functional groups attached to an aromatic ring is 1. The number of aromatic nitrogens is 1. The smallest absolute Gasteiger partial charge is 0.225 e. The highest BCUT2D eigenvalue weighted by molar-refractivity contribution is 5.67. The summed E-state index contributed by atoms with van der Waals surface area (Å²) in [4.78, 5) is 0. The van der Waals surface area contributed by atoms with Crippen molar-refractivity contribution >= 4 is 5.88 Å². The lowest BCUT2D eigenvalue weighted by molar-refractivity contribution is 0.438. The van der Waals surface area contributed by atoms with Crippen molar-refractivity contribution < 1.29 is 8.91 Å². The molecule has 0 radical (unpaired) electrons. The molecule has 0 amide bonds. The second-order valence-corrected chi connectivity index (χ2v) is 3.74. The molecule has 2 N–H and O–H groups in total. The van der Waals surface area contributed by atoms with E-state index in [9.17, 15) is 4.39 Å². The van der Waals surface area contributed by atoms with Crippen LogP contribution in [0.2, 0.25) is 0 Å². The van der Waals surface area contributed by atoms with Gasteiger partial charge in [-0.25, -0.2) is 4.39 Å². The van der Waals surface area contributed by atoms with E-state index in [1.165, 1.54) is 12.1 Å². The number of hydrogen-bond donors (Lipinski definition) is 1. The lowest BCUT2D eigenvalue weighted by atomic mass is 10.0. The summed E-state index contributed by atoms with van der Waals surface area (Å²) in [5.74, 6) is 0.0260. The minimum absolute atomic E-state index is 0.279. The zero-order chi connectivity index (χ0) is 11.7. The van der Waals surface area contributed by atoms with Crippen LogP contribution in [0, 0.1) is 12.7 Å². The molecule has 2 rings (SSSR count). The number of halogens is 1. The van der Waals surface area contributed by atoms with Gasteiger partial charge in [0.1, 0.15) is 11.5 Å². The van der Waals surface area contributed by atoms with Crippen LogP contribution < -0.4 is 5.73 Å². The molecule has 0 bridgehead atoms.